The Bertz CT molecular complexity index is 463. The quantitative estimate of drug-likeness (QED) is 0.760. The molecule has 2 N–H and O–H groups in total. The highest BCUT2D eigenvalue weighted by atomic mass is 16.5. The Morgan fingerprint density at radius 2 is 1.36 bits per heavy atom. The van der Waals surface area contributed by atoms with E-state index in [2.05, 4.69) is 10.6 Å². The van der Waals surface area contributed by atoms with Crippen LogP contribution in [0.1, 0.15) is 37.1 Å². The van der Waals surface area contributed by atoms with Gasteiger partial charge in [-0.1, -0.05) is 24.3 Å². The molecule has 22 heavy (non-hydrogen) atoms. The molecule has 0 aliphatic rings. The molecule has 0 saturated carbocycles. The van der Waals surface area contributed by atoms with Crippen LogP contribution in [-0.2, 0) is 19.1 Å². The van der Waals surface area contributed by atoms with Crippen LogP contribution in [0.2, 0.25) is 0 Å². The number of amides is 2. The molecule has 6 heteroatoms. The summed E-state index contributed by atoms with van der Waals surface area (Å²) < 4.78 is 9.60. The van der Waals surface area contributed by atoms with E-state index >= 15 is 0 Å². The number of carbonyl (C=O) groups is 2. The van der Waals surface area contributed by atoms with Crippen molar-refractivity contribution in [2.45, 2.75) is 25.9 Å². The normalized spacial score (nSPS) is 13.3. The standard InChI is InChI=1S/C16H24N2O4/c1-11(17-15(19)9-21-3)13-6-5-7-14(8-13)12(2)18-16(20)10-22-4/h5-8,11-12H,9-10H2,1-4H3,(H,17,19)(H,18,20)/t11-,12-/m1/s1. The first kappa shape index (κ1) is 18.1. The highest BCUT2D eigenvalue weighted by Crippen LogP contribution is 2.19. The monoisotopic (exact) mass is 308 g/mol. The lowest BCUT2D eigenvalue weighted by Gasteiger charge is -2.18. The number of hydrogen-bond donors (Lipinski definition) is 2. The number of hydrogen-bond acceptors (Lipinski definition) is 4. The van der Waals surface area contributed by atoms with E-state index in [9.17, 15) is 9.59 Å². The molecule has 0 spiro atoms. The van der Waals surface area contributed by atoms with Crippen LogP contribution in [0.4, 0.5) is 0 Å². The van der Waals surface area contributed by atoms with Gasteiger partial charge < -0.3 is 20.1 Å². The average molecular weight is 308 g/mol. The van der Waals surface area contributed by atoms with Gasteiger partial charge in [0.05, 0.1) is 12.1 Å². The summed E-state index contributed by atoms with van der Waals surface area (Å²) in [5, 5.41) is 5.71. The highest BCUT2D eigenvalue weighted by molar-refractivity contribution is 5.78. The Morgan fingerprint density at radius 3 is 1.73 bits per heavy atom. The summed E-state index contributed by atoms with van der Waals surface area (Å²) in [6, 6.07) is 7.47. The lowest BCUT2D eigenvalue weighted by molar-refractivity contribution is -0.126. The van der Waals surface area contributed by atoms with Gasteiger partial charge in [0.2, 0.25) is 11.8 Å². The number of nitrogens with one attached hydrogen (secondary N) is 2. The largest absolute Gasteiger partial charge is 0.375 e. The Hall–Kier alpha value is -1.92. The van der Waals surface area contributed by atoms with Crippen molar-refractivity contribution < 1.29 is 19.1 Å². The fourth-order valence-corrected chi connectivity index (χ4v) is 2.09. The lowest BCUT2D eigenvalue weighted by Crippen LogP contribution is -2.31. The minimum Gasteiger partial charge on any atom is -0.375 e. The predicted octanol–water partition coefficient (Wildman–Crippen LogP) is 1.33. The molecule has 1 rings (SSSR count). The number of methoxy groups -OCH3 is 2. The molecule has 1 aromatic rings. The SMILES string of the molecule is COCC(=O)N[C@H](C)c1cccc([C@@H](C)NC(=O)COC)c1. The van der Waals surface area contributed by atoms with Gasteiger partial charge in [-0.25, -0.2) is 0 Å². The summed E-state index contributed by atoms with van der Waals surface area (Å²) >= 11 is 0. The molecule has 0 saturated heterocycles. The summed E-state index contributed by atoms with van der Waals surface area (Å²) in [6.07, 6.45) is 0. The van der Waals surface area contributed by atoms with E-state index in [-0.39, 0.29) is 37.1 Å². The topological polar surface area (TPSA) is 76.7 Å². The molecule has 0 radical (unpaired) electrons. The van der Waals surface area contributed by atoms with Crippen LogP contribution in [-0.4, -0.2) is 39.2 Å². The minimum absolute atomic E-state index is 0.0352. The third-order valence-electron chi connectivity index (χ3n) is 3.22. The number of carbonyl (C=O) groups excluding carboxylic acids is 2. The summed E-state index contributed by atoms with van der Waals surface area (Å²) in [6.45, 7) is 3.88. The third kappa shape index (κ3) is 5.83. The van der Waals surface area contributed by atoms with Gasteiger partial charge in [-0.15, -0.1) is 0 Å². The van der Waals surface area contributed by atoms with E-state index < -0.39 is 0 Å². The molecule has 6 nitrogen and oxygen atoms in total. The van der Waals surface area contributed by atoms with Crippen LogP contribution in [0.15, 0.2) is 24.3 Å². The zero-order chi connectivity index (χ0) is 16.5. The molecule has 2 atom stereocenters. The van der Waals surface area contributed by atoms with Gasteiger partial charge in [-0.05, 0) is 25.0 Å². The smallest absolute Gasteiger partial charge is 0.246 e. The first-order valence-corrected chi connectivity index (χ1v) is 7.14. The fourth-order valence-electron chi connectivity index (χ4n) is 2.09. The predicted molar refractivity (Wildman–Crippen MR) is 83.3 cm³/mol. The van der Waals surface area contributed by atoms with Crippen molar-refractivity contribution in [1.29, 1.82) is 0 Å². The second-order valence-corrected chi connectivity index (χ2v) is 5.11. The third-order valence-corrected chi connectivity index (χ3v) is 3.22. The Kier molecular flexibility index (Phi) is 7.56. The van der Waals surface area contributed by atoms with Gasteiger partial charge in [-0.2, -0.15) is 0 Å². The highest BCUT2D eigenvalue weighted by Gasteiger charge is 2.13. The van der Waals surface area contributed by atoms with Crippen LogP contribution in [0.3, 0.4) is 0 Å². The van der Waals surface area contributed by atoms with Crippen molar-refractivity contribution in [3.05, 3.63) is 35.4 Å². The average Bonchev–Trinajstić information content (AvgIpc) is 2.47. The van der Waals surface area contributed by atoms with Crippen molar-refractivity contribution in [3.8, 4) is 0 Å². The molecule has 0 fully saturated rings. The molecular formula is C16H24N2O4. The second kappa shape index (κ2) is 9.17. The summed E-state index contributed by atoms with van der Waals surface area (Å²) in [4.78, 5) is 23.1. The van der Waals surface area contributed by atoms with Crippen molar-refractivity contribution in [3.63, 3.8) is 0 Å². The summed E-state index contributed by atoms with van der Waals surface area (Å²) in [7, 11) is 2.96. The zero-order valence-electron chi connectivity index (χ0n) is 13.5. The Balaban J connectivity index is 2.72. The molecule has 0 bridgehead atoms. The van der Waals surface area contributed by atoms with Crippen molar-refractivity contribution in [2.75, 3.05) is 27.4 Å². The molecule has 0 aliphatic carbocycles. The van der Waals surface area contributed by atoms with E-state index in [1.807, 2.05) is 38.1 Å². The summed E-state index contributed by atoms with van der Waals surface area (Å²) in [5.41, 5.74) is 1.93. The number of ether oxygens (including phenoxy) is 2. The van der Waals surface area contributed by atoms with Crippen LogP contribution in [0.5, 0.6) is 0 Å². The number of benzene rings is 1. The first-order valence-electron chi connectivity index (χ1n) is 7.14. The van der Waals surface area contributed by atoms with Gasteiger partial charge in [0.25, 0.3) is 0 Å². The van der Waals surface area contributed by atoms with Crippen molar-refractivity contribution >= 4 is 11.8 Å². The van der Waals surface area contributed by atoms with Gasteiger partial charge in [0.1, 0.15) is 13.2 Å². The maximum atomic E-state index is 11.6. The van der Waals surface area contributed by atoms with Gasteiger partial charge in [-0.3, -0.25) is 9.59 Å². The van der Waals surface area contributed by atoms with E-state index in [1.54, 1.807) is 0 Å². The minimum atomic E-state index is -0.165. The Labute approximate surface area is 131 Å². The van der Waals surface area contributed by atoms with Gasteiger partial charge in [0.15, 0.2) is 0 Å². The van der Waals surface area contributed by atoms with Gasteiger partial charge in [0, 0.05) is 14.2 Å². The van der Waals surface area contributed by atoms with Crippen molar-refractivity contribution in [2.24, 2.45) is 0 Å². The number of rotatable bonds is 8. The molecule has 2 amide bonds. The maximum absolute atomic E-state index is 11.6. The molecule has 1 aromatic carbocycles. The zero-order valence-corrected chi connectivity index (χ0v) is 13.5. The van der Waals surface area contributed by atoms with Crippen LogP contribution in [0.25, 0.3) is 0 Å². The molecule has 0 aromatic heterocycles. The van der Waals surface area contributed by atoms with E-state index in [0.717, 1.165) is 11.1 Å². The van der Waals surface area contributed by atoms with E-state index in [1.165, 1.54) is 14.2 Å². The Morgan fingerprint density at radius 1 is 0.955 bits per heavy atom. The molecule has 0 heterocycles. The maximum Gasteiger partial charge on any atom is 0.246 e. The van der Waals surface area contributed by atoms with Crippen molar-refractivity contribution in [1.82, 2.24) is 10.6 Å². The van der Waals surface area contributed by atoms with Crippen LogP contribution >= 0.6 is 0 Å². The molecule has 0 unspecified atom stereocenters. The molecule has 122 valence electrons. The van der Waals surface area contributed by atoms with E-state index in [0.29, 0.717) is 0 Å². The summed E-state index contributed by atoms with van der Waals surface area (Å²) in [5.74, 6) is -0.330. The second-order valence-electron chi connectivity index (χ2n) is 5.11. The first-order chi connectivity index (χ1) is 10.5. The molecular weight excluding hydrogens is 284 g/mol. The van der Waals surface area contributed by atoms with Crippen LogP contribution < -0.4 is 10.6 Å². The molecule has 0 aliphatic heterocycles. The lowest BCUT2D eigenvalue weighted by atomic mass is 10.0. The van der Waals surface area contributed by atoms with Gasteiger partial charge >= 0.3 is 0 Å². The van der Waals surface area contributed by atoms with E-state index in [4.69, 9.17) is 9.47 Å². The van der Waals surface area contributed by atoms with Crippen LogP contribution in [0, 0.1) is 0 Å². The fraction of sp³-hybridized carbons (Fsp3) is 0.500.